The van der Waals surface area contributed by atoms with E-state index in [1.807, 2.05) is 24.3 Å². The predicted molar refractivity (Wildman–Crippen MR) is 72.0 cm³/mol. The van der Waals surface area contributed by atoms with Gasteiger partial charge in [0, 0.05) is 12.0 Å². The Morgan fingerprint density at radius 1 is 1.26 bits per heavy atom. The summed E-state index contributed by atoms with van der Waals surface area (Å²) >= 11 is 0. The molecule has 0 fully saturated rings. The molecule has 1 aliphatic rings. The van der Waals surface area contributed by atoms with Gasteiger partial charge in [0.1, 0.15) is 24.0 Å². The van der Waals surface area contributed by atoms with Gasteiger partial charge < -0.3 is 10.5 Å². The van der Waals surface area contributed by atoms with E-state index in [0.29, 0.717) is 12.4 Å². The van der Waals surface area contributed by atoms with Crippen LogP contribution in [0.1, 0.15) is 36.5 Å². The van der Waals surface area contributed by atoms with Crippen LogP contribution >= 0.6 is 0 Å². The van der Waals surface area contributed by atoms with Crippen molar-refractivity contribution in [2.75, 3.05) is 12.3 Å². The van der Waals surface area contributed by atoms with Crippen molar-refractivity contribution in [2.24, 2.45) is 0 Å². The summed E-state index contributed by atoms with van der Waals surface area (Å²) in [5, 5.41) is 0. The monoisotopic (exact) mass is 256 g/mol. The van der Waals surface area contributed by atoms with Crippen LogP contribution < -0.4 is 10.5 Å². The maximum Gasteiger partial charge on any atom is 0.223 e. The minimum Gasteiger partial charge on any atom is -0.492 e. The molecule has 0 saturated heterocycles. The molecule has 1 unspecified atom stereocenters. The van der Waals surface area contributed by atoms with Crippen molar-refractivity contribution in [3.63, 3.8) is 0 Å². The zero-order chi connectivity index (χ0) is 13.2. The third-order valence-electron chi connectivity index (χ3n) is 3.20. The number of nitrogen functional groups attached to an aromatic ring is 1. The van der Waals surface area contributed by atoms with E-state index < -0.39 is 0 Å². The Labute approximate surface area is 111 Å². The lowest BCUT2D eigenvalue weighted by Gasteiger charge is -2.09. The number of nitrogens with two attached hydrogens (primary N) is 1. The fraction of sp³-hybridized carbons (Fsp3) is 0.357. The van der Waals surface area contributed by atoms with Crippen LogP contribution in [0.3, 0.4) is 0 Å². The second-order valence-electron chi connectivity index (χ2n) is 4.62. The Morgan fingerprint density at radius 2 is 2.11 bits per heavy atom. The highest BCUT2D eigenvalue weighted by atomic mass is 16.5. The highest BCUT2D eigenvalue weighted by Gasteiger charge is 2.28. The van der Waals surface area contributed by atoms with Gasteiger partial charge in [-0.1, -0.05) is 25.1 Å². The highest BCUT2D eigenvalue weighted by Crippen LogP contribution is 2.36. The topological polar surface area (TPSA) is 73.9 Å². The van der Waals surface area contributed by atoms with Gasteiger partial charge in [-0.25, -0.2) is 4.98 Å². The molecule has 0 bridgehead atoms. The van der Waals surface area contributed by atoms with Crippen molar-refractivity contribution in [2.45, 2.75) is 25.7 Å². The quantitative estimate of drug-likeness (QED) is 0.908. The molecule has 1 aromatic carbocycles. The highest BCUT2D eigenvalue weighted by molar-refractivity contribution is 5.43. The van der Waals surface area contributed by atoms with Crippen LogP contribution in [0.5, 0.6) is 5.75 Å². The van der Waals surface area contributed by atoms with Gasteiger partial charge in [0.05, 0.1) is 5.92 Å². The molecule has 5 nitrogen and oxygen atoms in total. The van der Waals surface area contributed by atoms with Crippen LogP contribution in [0, 0.1) is 0 Å². The van der Waals surface area contributed by atoms with Gasteiger partial charge in [0.15, 0.2) is 0 Å². The fourth-order valence-corrected chi connectivity index (χ4v) is 2.32. The molecule has 0 amide bonds. The van der Waals surface area contributed by atoms with Gasteiger partial charge in [-0.2, -0.15) is 9.97 Å². The summed E-state index contributed by atoms with van der Waals surface area (Å²) in [6, 6.07) is 7.98. The van der Waals surface area contributed by atoms with Crippen LogP contribution in [-0.2, 0) is 6.42 Å². The maximum atomic E-state index is 5.77. The average molecular weight is 256 g/mol. The van der Waals surface area contributed by atoms with E-state index in [2.05, 4.69) is 21.9 Å². The number of para-hydroxylation sites is 1. The smallest absolute Gasteiger partial charge is 0.223 e. The molecule has 0 saturated carbocycles. The Balaban J connectivity index is 1.99. The van der Waals surface area contributed by atoms with Gasteiger partial charge in [0.2, 0.25) is 5.95 Å². The van der Waals surface area contributed by atoms with E-state index >= 15 is 0 Å². The first-order valence-electron chi connectivity index (χ1n) is 6.50. The third-order valence-corrected chi connectivity index (χ3v) is 3.20. The fourth-order valence-electron chi connectivity index (χ4n) is 2.32. The van der Waals surface area contributed by atoms with Crippen LogP contribution in [-0.4, -0.2) is 21.6 Å². The molecule has 0 spiro atoms. The molecular weight excluding hydrogens is 240 g/mol. The van der Waals surface area contributed by atoms with Crippen molar-refractivity contribution in [1.82, 2.24) is 15.0 Å². The standard InChI is InChI=1S/C14H16N4O/c1-2-5-12-16-13(18-14(15)17-12)10-8-19-11-7-4-3-6-9(10)11/h3-4,6-7,10H,2,5,8H2,1H3,(H2,15,16,17,18). The Kier molecular flexibility index (Phi) is 3.03. The second kappa shape index (κ2) is 4.84. The summed E-state index contributed by atoms with van der Waals surface area (Å²) in [5.74, 6) is 2.72. The first kappa shape index (κ1) is 11.9. The molecule has 19 heavy (non-hydrogen) atoms. The number of anilines is 1. The molecule has 2 N–H and O–H groups in total. The van der Waals surface area contributed by atoms with Gasteiger partial charge in [-0.3, -0.25) is 0 Å². The first-order chi connectivity index (χ1) is 9.28. The maximum absolute atomic E-state index is 5.77. The molecule has 0 radical (unpaired) electrons. The van der Waals surface area contributed by atoms with E-state index in [-0.39, 0.29) is 11.9 Å². The van der Waals surface area contributed by atoms with Crippen LogP contribution in [0.25, 0.3) is 0 Å². The lowest BCUT2D eigenvalue weighted by molar-refractivity contribution is 0.339. The van der Waals surface area contributed by atoms with Crippen molar-refractivity contribution in [1.29, 1.82) is 0 Å². The number of fused-ring (bicyclic) bond motifs is 1. The van der Waals surface area contributed by atoms with E-state index in [1.54, 1.807) is 0 Å². The second-order valence-corrected chi connectivity index (χ2v) is 4.62. The van der Waals surface area contributed by atoms with Crippen LogP contribution in [0.2, 0.25) is 0 Å². The summed E-state index contributed by atoms with van der Waals surface area (Å²) in [7, 11) is 0. The Bertz CT molecular complexity index is 600. The van der Waals surface area contributed by atoms with Crippen molar-refractivity contribution < 1.29 is 4.74 Å². The summed E-state index contributed by atoms with van der Waals surface area (Å²) in [6.07, 6.45) is 1.80. The van der Waals surface area contributed by atoms with E-state index in [1.165, 1.54) is 0 Å². The number of benzene rings is 1. The Hall–Kier alpha value is -2.17. The molecule has 2 aromatic rings. The summed E-state index contributed by atoms with van der Waals surface area (Å²) in [4.78, 5) is 13.0. The van der Waals surface area contributed by atoms with E-state index in [0.717, 1.165) is 30.0 Å². The number of aryl methyl sites for hydroxylation is 1. The number of ether oxygens (including phenoxy) is 1. The number of rotatable bonds is 3. The minimum atomic E-state index is 0.0529. The minimum absolute atomic E-state index is 0.0529. The molecule has 0 aliphatic carbocycles. The zero-order valence-electron chi connectivity index (χ0n) is 10.8. The SMILES string of the molecule is CCCc1nc(N)nc(C2COc3ccccc32)n1. The van der Waals surface area contributed by atoms with Crippen molar-refractivity contribution in [3.8, 4) is 5.75 Å². The van der Waals surface area contributed by atoms with E-state index in [9.17, 15) is 0 Å². The number of hydrogen-bond donors (Lipinski definition) is 1. The van der Waals surface area contributed by atoms with Crippen LogP contribution in [0.4, 0.5) is 5.95 Å². The molecular formula is C14H16N4O. The largest absolute Gasteiger partial charge is 0.492 e. The third kappa shape index (κ3) is 2.23. The number of hydrogen-bond acceptors (Lipinski definition) is 5. The number of nitrogens with zero attached hydrogens (tertiary/aromatic N) is 3. The molecule has 1 aliphatic heterocycles. The summed E-state index contributed by atoms with van der Waals surface area (Å²) in [5.41, 5.74) is 6.90. The lowest BCUT2D eigenvalue weighted by atomic mass is 10.0. The first-order valence-corrected chi connectivity index (χ1v) is 6.50. The normalized spacial score (nSPS) is 17.0. The lowest BCUT2D eigenvalue weighted by Crippen LogP contribution is -2.13. The molecule has 2 heterocycles. The van der Waals surface area contributed by atoms with Crippen LogP contribution in [0.15, 0.2) is 24.3 Å². The molecule has 98 valence electrons. The van der Waals surface area contributed by atoms with Crippen molar-refractivity contribution >= 4 is 5.95 Å². The number of aromatic nitrogens is 3. The van der Waals surface area contributed by atoms with Gasteiger partial charge in [-0.15, -0.1) is 0 Å². The zero-order valence-corrected chi connectivity index (χ0v) is 10.8. The molecule has 1 atom stereocenters. The average Bonchev–Trinajstić information content (AvgIpc) is 2.82. The van der Waals surface area contributed by atoms with Crippen molar-refractivity contribution in [3.05, 3.63) is 41.5 Å². The molecule has 3 rings (SSSR count). The van der Waals surface area contributed by atoms with E-state index in [4.69, 9.17) is 10.5 Å². The molecule has 5 heteroatoms. The molecule has 1 aromatic heterocycles. The summed E-state index contributed by atoms with van der Waals surface area (Å²) < 4.78 is 5.66. The van der Waals surface area contributed by atoms with Gasteiger partial charge in [-0.05, 0) is 12.5 Å². The summed E-state index contributed by atoms with van der Waals surface area (Å²) in [6.45, 7) is 2.65. The van der Waals surface area contributed by atoms with Gasteiger partial charge >= 0.3 is 0 Å². The Morgan fingerprint density at radius 3 is 2.95 bits per heavy atom. The predicted octanol–water partition coefficient (Wildman–Crippen LogP) is 1.93. The van der Waals surface area contributed by atoms with Gasteiger partial charge in [0.25, 0.3) is 0 Å².